The van der Waals surface area contributed by atoms with Crippen LogP contribution >= 0.6 is 11.6 Å². The van der Waals surface area contributed by atoms with Crippen molar-refractivity contribution in [1.29, 1.82) is 0 Å². The first kappa shape index (κ1) is 22.1. The third-order valence-corrected chi connectivity index (χ3v) is 5.80. The molecule has 0 spiro atoms. The number of rotatable bonds is 7. The number of aromatic nitrogens is 2. The summed E-state index contributed by atoms with van der Waals surface area (Å²) < 4.78 is 16.0. The van der Waals surface area contributed by atoms with Gasteiger partial charge in [-0.1, -0.05) is 16.8 Å². The molecule has 3 aromatic rings. The van der Waals surface area contributed by atoms with Crippen LogP contribution in [0.1, 0.15) is 18.7 Å². The second kappa shape index (κ2) is 10.0. The monoisotopic (exact) mass is 456 g/mol. The number of ether oxygens (including phenoxy) is 2. The first-order valence-corrected chi connectivity index (χ1v) is 10.8. The van der Waals surface area contributed by atoms with E-state index < -0.39 is 0 Å². The first-order valence-electron chi connectivity index (χ1n) is 10.4. The molecule has 0 saturated carbocycles. The minimum atomic E-state index is -0.0746. The predicted octanol–water partition coefficient (Wildman–Crippen LogP) is 4.26. The SMILES string of the molecule is COc1ccc(OC)c(NC(=O)C2CCN(Cc3nc(-c4ccc(Cl)cc4)no3)CC2)c1. The summed E-state index contributed by atoms with van der Waals surface area (Å²) in [5.74, 6) is 2.27. The second-order valence-electron chi connectivity index (χ2n) is 7.62. The Morgan fingerprint density at radius 1 is 1.16 bits per heavy atom. The van der Waals surface area contributed by atoms with Crippen molar-refractivity contribution in [3.8, 4) is 22.9 Å². The summed E-state index contributed by atoms with van der Waals surface area (Å²) in [5, 5.41) is 7.70. The number of piperidine rings is 1. The van der Waals surface area contributed by atoms with Gasteiger partial charge in [-0.2, -0.15) is 4.98 Å². The van der Waals surface area contributed by atoms with E-state index in [2.05, 4.69) is 20.4 Å². The minimum absolute atomic E-state index is 0.0148. The number of halogens is 1. The lowest BCUT2D eigenvalue weighted by molar-refractivity contribution is -0.121. The Hall–Kier alpha value is -3.10. The molecule has 168 valence electrons. The number of amides is 1. The number of nitrogens with one attached hydrogen (secondary N) is 1. The highest BCUT2D eigenvalue weighted by molar-refractivity contribution is 6.30. The van der Waals surface area contributed by atoms with E-state index in [4.69, 9.17) is 25.6 Å². The number of methoxy groups -OCH3 is 2. The Morgan fingerprint density at radius 2 is 1.91 bits per heavy atom. The summed E-state index contributed by atoms with van der Waals surface area (Å²) in [6.45, 7) is 2.09. The number of carbonyl (C=O) groups excluding carboxylic acids is 1. The van der Waals surface area contributed by atoms with E-state index in [1.807, 2.05) is 12.1 Å². The molecule has 1 aromatic heterocycles. The van der Waals surface area contributed by atoms with Crippen molar-refractivity contribution in [2.45, 2.75) is 19.4 Å². The fraction of sp³-hybridized carbons (Fsp3) is 0.348. The maximum absolute atomic E-state index is 12.8. The molecule has 2 aromatic carbocycles. The number of hydrogen-bond donors (Lipinski definition) is 1. The van der Waals surface area contributed by atoms with Crippen LogP contribution in [0.25, 0.3) is 11.4 Å². The average Bonchev–Trinajstić information content (AvgIpc) is 3.28. The fourth-order valence-corrected chi connectivity index (χ4v) is 3.85. The molecule has 32 heavy (non-hydrogen) atoms. The summed E-state index contributed by atoms with van der Waals surface area (Å²) >= 11 is 5.93. The molecule has 1 amide bonds. The maximum Gasteiger partial charge on any atom is 0.241 e. The van der Waals surface area contributed by atoms with Crippen LogP contribution in [0.4, 0.5) is 5.69 Å². The van der Waals surface area contributed by atoms with Gasteiger partial charge >= 0.3 is 0 Å². The maximum atomic E-state index is 12.8. The molecule has 1 fully saturated rings. The molecule has 0 unspecified atom stereocenters. The smallest absolute Gasteiger partial charge is 0.241 e. The van der Waals surface area contributed by atoms with E-state index in [0.717, 1.165) is 31.5 Å². The van der Waals surface area contributed by atoms with Gasteiger partial charge in [-0.15, -0.1) is 0 Å². The van der Waals surface area contributed by atoms with Crippen molar-refractivity contribution >= 4 is 23.2 Å². The Bertz CT molecular complexity index is 1060. The van der Waals surface area contributed by atoms with Crippen molar-refractivity contribution in [2.24, 2.45) is 5.92 Å². The van der Waals surface area contributed by atoms with Gasteiger partial charge in [-0.3, -0.25) is 9.69 Å². The van der Waals surface area contributed by atoms with Gasteiger partial charge in [0.05, 0.1) is 26.5 Å². The summed E-state index contributed by atoms with van der Waals surface area (Å²) in [4.78, 5) is 19.5. The highest BCUT2D eigenvalue weighted by Gasteiger charge is 2.26. The average molecular weight is 457 g/mol. The van der Waals surface area contributed by atoms with Gasteiger partial charge in [0.1, 0.15) is 11.5 Å². The third-order valence-electron chi connectivity index (χ3n) is 5.55. The summed E-state index contributed by atoms with van der Waals surface area (Å²) in [6.07, 6.45) is 1.49. The molecule has 4 rings (SSSR count). The van der Waals surface area contributed by atoms with Crippen LogP contribution in [0.5, 0.6) is 11.5 Å². The Morgan fingerprint density at radius 3 is 2.59 bits per heavy atom. The fourth-order valence-electron chi connectivity index (χ4n) is 3.73. The molecule has 1 saturated heterocycles. The van der Waals surface area contributed by atoms with Gasteiger partial charge in [-0.25, -0.2) is 0 Å². The van der Waals surface area contributed by atoms with E-state index in [-0.39, 0.29) is 11.8 Å². The molecule has 2 heterocycles. The molecule has 0 radical (unpaired) electrons. The van der Waals surface area contributed by atoms with Crippen LogP contribution in [0.3, 0.4) is 0 Å². The number of benzene rings is 2. The van der Waals surface area contributed by atoms with Gasteiger partial charge in [0.2, 0.25) is 17.6 Å². The molecule has 0 aliphatic carbocycles. The molecular formula is C23H25ClN4O4. The predicted molar refractivity (Wildman–Crippen MR) is 121 cm³/mol. The highest BCUT2D eigenvalue weighted by atomic mass is 35.5. The van der Waals surface area contributed by atoms with Crippen molar-refractivity contribution in [1.82, 2.24) is 15.0 Å². The molecule has 9 heteroatoms. The molecule has 0 atom stereocenters. The lowest BCUT2D eigenvalue weighted by Crippen LogP contribution is -2.37. The number of anilines is 1. The van der Waals surface area contributed by atoms with Crippen LogP contribution in [0.2, 0.25) is 5.02 Å². The molecule has 0 bridgehead atoms. The van der Waals surface area contributed by atoms with Crippen molar-refractivity contribution in [2.75, 3.05) is 32.6 Å². The van der Waals surface area contributed by atoms with Crippen LogP contribution < -0.4 is 14.8 Å². The number of nitrogens with zero attached hydrogens (tertiary/aromatic N) is 3. The van der Waals surface area contributed by atoms with E-state index in [1.54, 1.807) is 44.6 Å². The van der Waals surface area contributed by atoms with Crippen LogP contribution in [0, 0.1) is 5.92 Å². The summed E-state index contributed by atoms with van der Waals surface area (Å²) in [7, 11) is 3.16. The standard InChI is InChI=1S/C23H25ClN4O4/c1-30-18-7-8-20(31-2)19(13-18)25-23(29)16-9-11-28(12-10-16)14-21-26-22(27-32-21)15-3-5-17(24)6-4-15/h3-8,13,16H,9-12,14H2,1-2H3,(H,25,29). The minimum Gasteiger partial charge on any atom is -0.497 e. The summed E-state index contributed by atoms with van der Waals surface area (Å²) in [6, 6.07) is 12.6. The number of carbonyl (C=O) groups is 1. The zero-order valence-corrected chi connectivity index (χ0v) is 18.8. The van der Waals surface area contributed by atoms with Crippen LogP contribution in [-0.4, -0.2) is 48.3 Å². The lowest BCUT2D eigenvalue weighted by Gasteiger charge is -2.30. The summed E-state index contributed by atoms with van der Waals surface area (Å²) in [5.41, 5.74) is 1.47. The van der Waals surface area contributed by atoms with Gasteiger partial charge in [0.15, 0.2) is 0 Å². The van der Waals surface area contributed by atoms with E-state index in [9.17, 15) is 4.79 Å². The zero-order chi connectivity index (χ0) is 22.5. The van der Waals surface area contributed by atoms with Crippen LogP contribution in [-0.2, 0) is 11.3 Å². The third kappa shape index (κ3) is 5.20. The van der Waals surface area contributed by atoms with Gasteiger partial charge in [0, 0.05) is 22.6 Å². The molecule has 1 aliphatic heterocycles. The first-order chi connectivity index (χ1) is 15.6. The zero-order valence-electron chi connectivity index (χ0n) is 18.0. The van der Waals surface area contributed by atoms with E-state index >= 15 is 0 Å². The highest BCUT2D eigenvalue weighted by Crippen LogP contribution is 2.30. The molecule has 1 aliphatic rings. The largest absolute Gasteiger partial charge is 0.497 e. The van der Waals surface area contributed by atoms with Gasteiger partial charge < -0.3 is 19.3 Å². The van der Waals surface area contributed by atoms with Crippen molar-refractivity contribution < 1.29 is 18.8 Å². The van der Waals surface area contributed by atoms with Crippen molar-refractivity contribution in [3.05, 3.63) is 53.4 Å². The van der Waals surface area contributed by atoms with Gasteiger partial charge in [-0.05, 0) is 62.3 Å². The molecular weight excluding hydrogens is 432 g/mol. The topological polar surface area (TPSA) is 89.7 Å². The quantitative estimate of drug-likeness (QED) is 0.568. The second-order valence-corrected chi connectivity index (χ2v) is 8.06. The number of likely N-dealkylation sites (tertiary alicyclic amines) is 1. The lowest BCUT2D eigenvalue weighted by atomic mass is 9.95. The number of hydrogen-bond acceptors (Lipinski definition) is 7. The van der Waals surface area contributed by atoms with E-state index in [1.165, 1.54) is 0 Å². The van der Waals surface area contributed by atoms with Crippen LogP contribution in [0.15, 0.2) is 47.0 Å². The molecule has 8 nitrogen and oxygen atoms in total. The Balaban J connectivity index is 1.31. The molecule has 1 N–H and O–H groups in total. The Labute approximate surface area is 191 Å². The van der Waals surface area contributed by atoms with Crippen molar-refractivity contribution in [3.63, 3.8) is 0 Å². The Kier molecular flexibility index (Phi) is 6.92. The van der Waals surface area contributed by atoms with E-state index in [0.29, 0.717) is 40.5 Å². The normalized spacial score (nSPS) is 14.8. The van der Waals surface area contributed by atoms with Gasteiger partial charge in [0.25, 0.3) is 0 Å².